The molecule has 126 valence electrons. The van der Waals surface area contributed by atoms with Crippen LogP contribution in [0.4, 0.5) is 14.6 Å². The summed E-state index contributed by atoms with van der Waals surface area (Å²) >= 11 is 0. The maximum atomic E-state index is 14.4. The number of carbonyl (C=O) groups is 2. The Morgan fingerprint density at radius 1 is 1.48 bits per heavy atom. The minimum absolute atomic E-state index is 0.127. The number of anilines is 1. The van der Waals surface area contributed by atoms with Crippen LogP contribution in [-0.4, -0.2) is 30.5 Å². The summed E-state index contributed by atoms with van der Waals surface area (Å²) in [6.45, 7) is 3.40. The van der Waals surface area contributed by atoms with Crippen LogP contribution < -0.4 is 10.6 Å². The second-order valence-electron chi connectivity index (χ2n) is 5.94. The van der Waals surface area contributed by atoms with Crippen LogP contribution in [0.5, 0.6) is 0 Å². The van der Waals surface area contributed by atoms with E-state index in [0.717, 1.165) is 4.90 Å². The first-order chi connectivity index (χ1) is 10.7. The Morgan fingerprint density at radius 3 is 2.65 bits per heavy atom. The highest BCUT2D eigenvalue weighted by Gasteiger charge is 2.54. The van der Waals surface area contributed by atoms with Crippen LogP contribution in [-0.2, 0) is 19.9 Å². The number of halogens is 2. The highest BCUT2D eigenvalue weighted by Crippen LogP contribution is 2.46. The van der Waals surface area contributed by atoms with Gasteiger partial charge in [-0.3, -0.25) is 14.5 Å². The average molecular weight is 327 g/mol. The molecule has 0 spiro atoms. The molecule has 1 aromatic rings. The summed E-state index contributed by atoms with van der Waals surface area (Å²) in [5.41, 5.74) is 3.17. The van der Waals surface area contributed by atoms with Gasteiger partial charge in [0, 0.05) is 7.11 Å². The molecule has 0 saturated heterocycles. The van der Waals surface area contributed by atoms with Crippen molar-refractivity contribution < 1.29 is 23.1 Å². The molecular formula is C15H19F2N3O3. The van der Waals surface area contributed by atoms with Crippen molar-refractivity contribution in [1.82, 2.24) is 4.98 Å². The number of carbonyl (C=O) groups excluding carboxylic acids is 2. The number of fused-ring (bicyclic) bond motifs is 1. The number of nitrogens with two attached hydrogens (primary N) is 1. The molecule has 23 heavy (non-hydrogen) atoms. The van der Waals surface area contributed by atoms with Crippen LogP contribution in [0.2, 0.25) is 0 Å². The monoisotopic (exact) mass is 327 g/mol. The summed E-state index contributed by atoms with van der Waals surface area (Å²) in [5.74, 6) is -3.73. The molecule has 0 bridgehead atoms. The predicted molar refractivity (Wildman–Crippen MR) is 78.5 cm³/mol. The second kappa shape index (κ2) is 6.19. The van der Waals surface area contributed by atoms with Crippen molar-refractivity contribution in [2.75, 3.05) is 18.6 Å². The molecular weight excluding hydrogens is 308 g/mol. The van der Waals surface area contributed by atoms with Gasteiger partial charge in [-0.15, -0.1) is 0 Å². The number of primary amides is 1. The zero-order valence-electron chi connectivity index (χ0n) is 13.2. The summed E-state index contributed by atoms with van der Waals surface area (Å²) in [6.07, 6.45) is 1.35. The maximum Gasteiger partial charge on any atom is 0.265 e. The van der Waals surface area contributed by atoms with Crippen molar-refractivity contribution in [3.8, 4) is 0 Å². The zero-order chi connectivity index (χ0) is 17.4. The first-order valence-corrected chi connectivity index (χ1v) is 7.24. The van der Waals surface area contributed by atoms with Gasteiger partial charge in [-0.2, -0.15) is 0 Å². The summed E-state index contributed by atoms with van der Waals surface area (Å²) in [5, 5.41) is 0. The molecule has 1 aromatic heterocycles. The lowest BCUT2D eigenvalue weighted by Crippen LogP contribution is -2.45. The highest BCUT2D eigenvalue weighted by atomic mass is 19.2. The van der Waals surface area contributed by atoms with Crippen LogP contribution in [0.3, 0.4) is 0 Å². The van der Waals surface area contributed by atoms with E-state index in [-0.39, 0.29) is 23.7 Å². The summed E-state index contributed by atoms with van der Waals surface area (Å²) in [7, 11) is 1.25. The zero-order valence-corrected chi connectivity index (χ0v) is 13.2. The van der Waals surface area contributed by atoms with Crippen LogP contribution in [0.25, 0.3) is 0 Å². The van der Waals surface area contributed by atoms with E-state index in [0.29, 0.717) is 12.6 Å². The molecule has 2 N–H and O–H groups in total. The molecule has 0 fully saturated rings. The Balaban J connectivity index is 2.62. The number of pyridine rings is 1. The Morgan fingerprint density at radius 2 is 2.13 bits per heavy atom. The van der Waals surface area contributed by atoms with Crippen LogP contribution >= 0.6 is 0 Å². The number of methoxy groups -OCH3 is 1. The van der Waals surface area contributed by atoms with Crippen molar-refractivity contribution in [1.29, 1.82) is 0 Å². The molecule has 2 heterocycles. The van der Waals surface area contributed by atoms with Crippen LogP contribution in [0.1, 0.15) is 32.3 Å². The largest absolute Gasteiger partial charge is 0.368 e. The van der Waals surface area contributed by atoms with Gasteiger partial charge in [0.05, 0.1) is 11.8 Å². The Bertz CT molecular complexity index is 651. The van der Waals surface area contributed by atoms with Gasteiger partial charge < -0.3 is 10.5 Å². The third-order valence-corrected chi connectivity index (χ3v) is 3.94. The van der Waals surface area contributed by atoms with Crippen molar-refractivity contribution in [3.05, 3.63) is 23.4 Å². The summed E-state index contributed by atoms with van der Waals surface area (Å²) < 4.78 is 33.4. The number of nitrogens with zero attached hydrogens (tertiary/aromatic N) is 2. The Labute approximate surface area is 132 Å². The lowest BCUT2D eigenvalue weighted by molar-refractivity contribution is -0.142. The minimum atomic E-state index is -1.70. The van der Waals surface area contributed by atoms with E-state index in [4.69, 9.17) is 10.5 Å². The Kier molecular flexibility index (Phi) is 4.65. The van der Waals surface area contributed by atoms with E-state index in [2.05, 4.69) is 4.98 Å². The normalized spacial score (nSPS) is 20.3. The number of aromatic nitrogens is 1. The minimum Gasteiger partial charge on any atom is -0.368 e. The maximum absolute atomic E-state index is 14.4. The molecule has 2 amide bonds. The van der Waals surface area contributed by atoms with Crippen molar-refractivity contribution in [2.45, 2.75) is 32.3 Å². The van der Waals surface area contributed by atoms with Gasteiger partial charge >= 0.3 is 0 Å². The first kappa shape index (κ1) is 17.3. The number of rotatable bonds is 6. The molecule has 0 unspecified atom stereocenters. The molecule has 0 saturated carbocycles. The SMILES string of the molecule is CO[C@]1(CCC(C)C)C(=O)N(CC(N)=O)c2ncc(F)c(F)c21. The predicted octanol–water partition coefficient (Wildman–Crippen LogP) is 1.47. The van der Waals surface area contributed by atoms with E-state index in [1.54, 1.807) is 0 Å². The third-order valence-electron chi connectivity index (χ3n) is 3.94. The molecule has 6 nitrogen and oxygen atoms in total. The van der Waals surface area contributed by atoms with E-state index >= 15 is 0 Å². The Hall–Kier alpha value is -2.09. The smallest absolute Gasteiger partial charge is 0.265 e. The summed E-state index contributed by atoms with van der Waals surface area (Å²) in [6, 6.07) is 0. The van der Waals surface area contributed by atoms with Gasteiger partial charge in [0.1, 0.15) is 12.4 Å². The number of amides is 2. The van der Waals surface area contributed by atoms with Crippen LogP contribution in [0, 0.1) is 17.6 Å². The number of hydrogen-bond donors (Lipinski definition) is 1. The van der Waals surface area contributed by atoms with Crippen LogP contribution in [0.15, 0.2) is 6.20 Å². The molecule has 0 aromatic carbocycles. The van der Waals surface area contributed by atoms with Gasteiger partial charge in [-0.05, 0) is 18.8 Å². The van der Waals surface area contributed by atoms with Gasteiger partial charge in [-0.1, -0.05) is 13.8 Å². The van der Waals surface area contributed by atoms with Gasteiger partial charge in [0.2, 0.25) is 5.91 Å². The van der Waals surface area contributed by atoms with Gasteiger partial charge in [-0.25, -0.2) is 13.8 Å². The average Bonchev–Trinajstić information content (AvgIpc) is 2.71. The lowest BCUT2D eigenvalue weighted by atomic mass is 9.88. The fraction of sp³-hybridized carbons (Fsp3) is 0.533. The quantitative estimate of drug-likeness (QED) is 0.857. The van der Waals surface area contributed by atoms with E-state index in [1.165, 1.54) is 7.11 Å². The molecule has 8 heteroatoms. The lowest BCUT2D eigenvalue weighted by Gasteiger charge is -2.27. The molecule has 0 radical (unpaired) electrons. The van der Waals surface area contributed by atoms with Crippen molar-refractivity contribution in [2.24, 2.45) is 11.7 Å². The summed E-state index contributed by atoms with van der Waals surface area (Å²) in [4.78, 5) is 28.7. The first-order valence-electron chi connectivity index (χ1n) is 7.24. The van der Waals surface area contributed by atoms with Crippen molar-refractivity contribution >= 4 is 17.6 Å². The number of hydrogen-bond acceptors (Lipinski definition) is 4. The molecule has 1 atom stereocenters. The fourth-order valence-electron chi connectivity index (χ4n) is 2.76. The molecule has 1 aliphatic heterocycles. The number of ether oxygens (including phenoxy) is 1. The van der Waals surface area contributed by atoms with Crippen molar-refractivity contribution in [3.63, 3.8) is 0 Å². The van der Waals surface area contributed by atoms with E-state index in [1.807, 2.05) is 13.8 Å². The van der Waals surface area contributed by atoms with E-state index < -0.39 is 35.6 Å². The van der Waals surface area contributed by atoms with Gasteiger partial charge in [0.25, 0.3) is 5.91 Å². The van der Waals surface area contributed by atoms with Gasteiger partial charge in [0.15, 0.2) is 17.2 Å². The van der Waals surface area contributed by atoms with E-state index in [9.17, 15) is 18.4 Å². The fourth-order valence-corrected chi connectivity index (χ4v) is 2.76. The molecule has 2 rings (SSSR count). The highest BCUT2D eigenvalue weighted by molar-refractivity contribution is 6.08. The molecule has 0 aliphatic carbocycles. The topological polar surface area (TPSA) is 85.5 Å². The molecule has 1 aliphatic rings. The standard InChI is InChI=1S/C15H19F2N3O3/c1-8(2)4-5-15(23-3)11-12(17)9(16)6-19-13(11)20(14(15)22)7-10(18)21/h6,8H,4-5,7H2,1-3H3,(H2,18,21)/t15-/m0/s1. The second-order valence-corrected chi connectivity index (χ2v) is 5.94. The third kappa shape index (κ3) is 2.78.